The second-order valence-corrected chi connectivity index (χ2v) is 5.02. The molecule has 0 aromatic carbocycles. The van der Waals surface area contributed by atoms with Crippen molar-refractivity contribution >= 4 is 0 Å². The minimum absolute atomic E-state index is 0.0788. The van der Waals surface area contributed by atoms with Crippen LogP contribution in [0.5, 0.6) is 0 Å². The summed E-state index contributed by atoms with van der Waals surface area (Å²) in [6.07, 6.45) is 7.25. The predicted molar refractivity (Wildman–Crippen MR) is 65.7 cm³/mol. The fourth-order valence-electron chi connectivity index (χ4n) is 1.39. The summed E-state index contributed by atoms with van der Waals surface area (Å²) in [5.41, 5.74) is 7.65. The zero-order chi connectivity index (χ0) is 12.5. The van der Waals surface area contributed by atoms with Gasteiger partial charge in [-0.2, -0.15) is 5.10 Å². The van der Waals surface area contributed by atoms with Crippen molar-refractivity contribution in [3.63, 3.8) is 0 Å². The monoisotopic (exact) mass is 231 g/mol. The van der Waals surface area contributed by atoms with E-state index in [0.29, 0.717) is 12.5 Å². The Balaban J connectivity index is 2.30. The Labute approximate surface area is 101 Å². The van der Waals surface area contributed by atoms with Gasteiger partial charge in [-0.25, -0.2) is 14.6 Å². The zero-order valence-electron chi connectivity index (χ0n) is 10.4. The van der Waals surface area contributed by atoms with E-state index in [0.717, 1.165) is 11.1 Å². The van der Waals surface area contributed by atoms with Gasteiger partial charge < -0.3 is 5.73 Å². The molecule has 2 aromatic heterocycles. The van der Waals surface area contributed by atoms with Crippen LogP contribution in [0.4, 0.5) is 0 Å². The van der Waals surface area contributed by atoms with E-state index in [1.54, 1.807) is 17.1 Å². The quantitative estimate of drug-likeness (QED) is 0.848. The summed E-state index contributed by atoms with van der Waals surface area (Å²) in [7, 11) is 0. The minimum Gasteiger partial charge on any atom is -0.326 e. The lowest BCUT2D eigenvalue weighted by molar-refractivity contribution is 0.590. The van der Waals surface area contributed by atoms with E-state index in [2.05, 4.69) is 35.8 Å². The lowest BCUT2D eigenvalue weighted by atomic mass is 9.90. The molecule has 0 atom stereocenters. The molecule has 0 unspecified atom stereocenters. The van der Waals surface area contributed by atoms with Crippen molar-refractivity contribution in [3.05, 3.63) is 35.9 Å². The first-order chi connectivity index (χ1) is 8.00. The Bertz CT molecular complexity index is 492. The summed E-state index contributed by atoms with van der Waals surface area (Å²) >= 11 is 0. The molecule has 2 rings (SSSR count). The topological polar surface area (TPSA) is 69.6 Å². The van der Waals surface area contributed by atoms with Crippen molar-refractivity contribution in [3.8, 4) is 5.95 Å². The summed E-state index contributed by atoms with van der Waals surface area (Å²) in [5.74, 6) is 0.567. The summed E-state index contributed by atoms with van der Waals surface area (Å²) < 4.78 is 1.68. The number of hydrogen-bond acceptors (Lipinski definition) is 4. The van der Waals surface area contributed by atoms with Crippen LogP contribution in [0.3, 0.4) is 0 Å². The van der Waals surface area contributed by atoms with E-state index in [9.17, 15) is 0 Å². The van der Waals surface area contributed by atoms with Crippen LogP contribution in [0.15, 0.2) is 24.8 Å². The van der Waals surface area contributed by atoms with Crippen LogP contribution >= 0.6 is 0 Å². The molecule has 0 saturated heterocycles. The molecule has 0 fully saturated rings. The van der Waals surface area contributed by atoms with E-state index in [1.807, 2.05) is 12.4 Å². The molecule has 2 aromatic rings. The van der Waals surface area contributed by atoms with Crippen molar-refractivity contribution in [2.24, 2.45) is 5.73 Å². The Morgan fingerprint density at radius 1 is 1.18 bits per heavy atom. The molecular formula is C12H17N5. The first-order valence-corrected chi connectivity index (χ1v) is 5.57. The van der Waals surface area contributed by atoms with Crippen LogP contribution in [0.25, 0.3) is 5.95 Å². The molecule has 17 heavy (non-hydrogen) atoms. The van der Waals surface area contributed by atoms with Gasteiger partial charge >= 0.3 is 0 Å². The number of rotatable bonds is 2. The summed E-state index contributed by atoms with van der Waals surface area (Å²) in [6, 6.07) is 0. The summed E-state index contributed by atoms with van der Waals surface area (Å²) in [4.78, 5) is 8.45. The van der Waals surface area contributed by atoms with Gasteiger partial charge in [-0.05, 0) is 11.0 Å². The maximum Gasteiger partial charge on any atom is 0.250 e. The molecule has 0 saturated carbocycles. The average molecular weight is 231 g/mol. The highest BCUT2D eigenvalue weighted by atomic mass is 15.3. The number of aromatic nitrogens is 4. The largest absolute Gasteiger partial charge is 0.326 e. The van der Waals surface area contributed by atoms with Gasteiger partial charge in [-0.15, -0.1) is 0 Å². The van der Waals surface area contributed by atoms with Crippen LogP contribution in [0.2, 0.25) is 0 Å². The van der Waals surface area contributed by atoms with Gasteiger partial charge in [0.25, 0.3) is 0 Å². The smallest absolute Gasteiger partial charge is 0.250 e. The molecule has 0 radical (unpaired) electrons. The lowest BCUT2D eigenvalue weighted by Crippen LogP contribution is -2.10. The van der Waals surface area contributed by atoms with Crippen LogP contribution in [-0.2, 0) is 12.0 Å². The first kappa shape index (κ1) is 11.7. The molecule has 90 valence electrons. The Morgan fingerprint density at radius 2 is 1.82 bits per heavy atom. The molecule has 2 heterocycles. The average Bonchev–Trinajstić information content (AvgIpc) is 2.78. The predicted octanol–water partition coefficient (Wildman–Crippen LogP) is 1.42. The van der Waals surface area contributed by atoms with Gasteiger partial charge in [0.1, 0.15) is 0 Å². The van der Waals surface area contributed by atoms with Gasteiger partial charge in [0.05, 0.1) is 6.20 Å². The van der Waals surface area contributed by atoms with Crippen LogP contribution in [0.1, 0.15) is 31.9 Å². The molecule has 0 aliphatic heterocycles. The van der Waals surface area contributed by atoms with Crippen molar-refractivity contribution in [1.29, 1.82) is 0 Å². The van der Waals surface area contributed by atoms with Gasteiger partial charge in [0, 0.05) is 30.7 Å². The molecule has 0 aliphatic rings. The minimum atomic E-state index is 0.0788. The van der Waals surface area contributed by atoms with Gasteiger partial charge in [0.15, 0.2) is 0 Å². The number of nitrogens with zero attached hydrogens (tertiary/aromatic N) is 4. The third kappa shape index (κ3) is 2.50. The van der Waals surface area contributed by atoms with Crippen molar-refractivity contribution < 1.29 is 0 Å². The van der Waals surface area contributed by atoms with Crippen LogP contribution in [0, 0.1) is 0 Å². The van der Waals surface area contributed by atoms with E-state index >= 15 is 0 Å². The van der Waals surface area contributed by atoms with E-state index < -0.39 is 0 Å². The number of hydrogen-bond donors (Lipinski definition) is 1. The van der Waals surface area contributed by atoms with Crippen molar-refractivity contribution in [1.82, 2.24) is 19.7 Å². The summed E-state index contributed by atoms with van der Waals surface area (Å²) in [6.45, 7) is 6.89. The van der Waals surface area contributed by atoms with E-state index in [4.69, 9.17) is 5.73 Å². The maximum absolute atomic E-state index is 5.50. The molecule has 0 aliphatic carbocycles. The van der Waals surface area contributed by atoms with Gasteiger partial charge in [0.2, 0.25) is 5.95 Å². The third-order valence-electron chi connectivity index (χ3n) is 2.58. The SMILES string of the molecule is CC(C)(C)c1cnn(-c2ncc(CN)cn2)c1. The second kappa shape index (κ2) is 4.25. The number of nitrogens with two attached hydrogens (primary N) is 1. The van der Waals surface area contributed by atoms with Crippen molar-refractivity contribution in [2.75, 3.05) is 0 Å². The fourth-order valence-corrected chi connectivity index (χ4v) is 1.39. The first-order valence-electron chi connectivity index (χ1n) is 5.57. The normalized spacial score (nSPS) is 11.8. The molecule has 2 N–H and O–H groups in total. The van der Waals surface area contributed by atoms with Crippen LogP contribution in [-0.4, -0.2) is 19.7 Å². The fraction of sp³-hybridized carbons (Fsp3) is 0.417. The maximum atomic E-state index is 5.50. The van der Waals surface area contributed by atoms with Crippen molar-refractivity contribution in [2.45, 2.75) is 32.7 Å². The van der Waals surface area contributed by atoms with E-state index in [1.165, 1.54) is 0 Å². The second-order valence-electron chi connectivity index (χ2n) is 5.02. The summed E-state index contributed by atoms with van der Waals surface area (Å²) in [5, 5.41) is 4.27. The highest BCUT2D eigenvalue weighted by Gasteiger charge is 2.16. The molecule has 0 spiro atoms. The highest BCUT2D eigenvalue weighted by Crippen LogP contribution is 2.21. The van der Waals surface area contributed by atoms with Crippen LogP contribution < -0.4 is 5.73 Å². The Morgan fingerprint density at radius 3 is 2.29 bits per heavy atom. The molecular weight excluding hydrogens is 214 g/mol. The Kier molecular flexibility index (Phi) is 2.93. The lowest BCUT2D eigenvalue weighted by Gasteiger charge is -2.14. The molecule has 5 heteroatoms. The van der Waals surface area contributed by atoms with Gasteiger partial charge in [-0.3, -0.25) is 0 Å². The Hall–Kier alpha value is -1.75. The van der Waals surface area contributed by atoms with E-state index in [-0.39, 0.29) is 5.41 Å². The standard InChI is InChI=1S/C12H17N5/c1-12(2,3)10-7-16-17(8-10)11-14-5-9(4-13)6-15-11/h5-8H,4,13H2,1-3H3. The molecule has 0 bridgehead atoms. The third-order valence-corrected chi connectivity index (χ3v) is 2.58. The molecule has 5 nitrogen and oxygen atoms in total. The highest BCUT2D eigenvalue weighted by molar-refractivity contribution is 5.21. The van der Waals surface area contributed by atoms with Gasteiger partial charge in [-0.1, -0.05) is 20.8 Å². The zero-order valence-corrected chi connectivity index (χ0v) is 10.4. The molecule has 0 amide bonds.